The molecule has 0 saturated heterocycles. The largest absolute Gasteiger partial charge is 0.543 e. The number of unbranched alkanes of at least 4 members (excludes halogenated alkanes) is 3. The Morgan fingerprint density at radius 2 is 1.35 bits per heavy atom. The average Bonchev–Trinajstić information content (AvgIpc) is 2.54. The Hall–Kier alpha value is -0.693. The van der Waals surface area contributed by atoms with E-state index in [1.54, 1.807) is 6.92 Å². The molecular formula is C17H34O5Si. The van der Waals surface area contributed by atoms with Gasteiger partial charge in [-0.25, -0.2) is 4.79 Å². The molecule has 136 valence electrons. The van der Waals surface area contributed by atoms with Gasteiger partial charge in [-0.3, -0.25) is 0 Å². The highest BCUT2D eigenvalue weighted by molar-refractivity contribution is 6.62. The first-order chi connectivity index (χ1) is 11.1. The van der Waals surface area contributed by atoms with Crippen LogP contribution in [0.3, 0.4) is 0 Å². The summed E-state index contributed by atoms with van der Waals surface area (Å²) in [5, 5.41) is 0. The van der Waals surface area contributed by atoms with E-state index in [9.17, 15) is 4.79 Å². The van der Waals surface area contributed by atoms with Crippen molar-refractivity contribution in [3.8, 4) is 0 Å². The van der Waals surface area contributed by atoms with Crippen LogP contribution in [0, 0.1) is 0 Å². The number of esters is 1. The Labute approximate surface area is 142 Å². The first-order valence-electron chi connectivity index (χ1n) is 8.81. The van der Waals surface area contributed by atoms with E-state index >= 15 is 0 Å². The third-order valence-corrected chi connectivity index (χ3v) is 6.29. The van der Waals surface area contributed by atoms with Crippen molar-refractivity contribution in [3.63, 3.8) is 0 Å². The molecule has 0 aliphatic rings. The molecule has 0 aliphatic heterocycles. The Bertz CT molecular complexity index is 296. The lowest BCUT2D eigenvalue weighted by molar-refractivity contribution is -0.142. The first kappa shape index (κ1) is 22.3. The number of hydrogen-bond acceptors (Lipinski definition) is 5. The smallest absolute Gasteiger partial charge is 0.455 e. The molecule has 1 atom stereocenters. The van der Waals surface area contributed by atoms with Crippen molar-refractivity contribution in [2.75, 3.05) is 19.8 Å². The van der Waals surface area contributed by atoms with Crippen LogP contribution >= 0.6 is 0 Å². The van der Waals surface area contributed by atoms with Crippen LogP contribution in [-0.2, 0) is 22.8 Å². The number of carbonyl (C=O) groups is 1. The van der Waals surface area contributed by atoms with E-state index in [-0.39, 0.29) is 0 Å². The van der Waals surface area contributed by atoms with Crippen LogP contribution in [0.25, 0.3) is 0 Å². The zero-order chi connectivity index (χ0) is 17.6. The van der Waals surface area contributed by atoms with Crippen LogP contribution in [0.4, 0.5) is 0 Å². The normalized spacial score (nSPS) is 12.9. The topological polar surface area (TPSA) is 54.0 Å². The number of ether oxygens (including phenoxy) is 1. The standard InChI is InChI=1S/C17H34O5Si/c1-6-10-13-19-23(20-14-11-7-2,21-15-12-8-3)16(5)22-17(18)9-4/h9,16H,4,6-8,10-15H2,1-3,5H3. The minimum atomic E-state index is -3.08. The summed E-state index contributed by atoms with van der Waals surface area (Å²) in [4.78, 5) is 11.6. The van der Waals surface area contributed by atoms with Gasteiger partial charge in [0, 0.05) is 25.9 Å². The second-order valence-corrected chi connectivity index (χ2v) is 8.38. The third kappa shape index (κ3) is 9.25. The first-order valence-corrected chi connectivity index (χ1v) is 10.6. The van der Waals surface area contributed by atoms with Gasteiger partial charge in [0.1, 0.15) is 0 Å². The molecule has 5 nitrogen and oxygen atoms in total. The van der Waals surface area contributed by atoms with Gasteiger partial charge in [-0.2, -0.15) is 0 Å². The highest BCUT2D eigenvalue weighted by Crippen LogP contribution is 2.20. The maximum Gasteiger partial charge on any atom is 0.543 e. The predicted molar refractivity (Wildman–Crippen MR) is 94.1 cm³/mol. The van der Waals surface area contributed by atoms with Gasteiger partial charge in [0.2, 0.25) is 0 Å². The SMILES string of the molecule is C=CC(=O)OC(C)[Si](OCCCC)(OCCCC)OCCCC. The molecule has 0 aromatic heterocycles. The molecule has 0 aromatic rings. The van der Waals surface area contributed by atoms with Crippen molar-refractivity contribution in [2.45, 2.75) is 71.9 Å². The fraction of sp³-hybridized carbons (Fsp3) is 0.824. The van der Waals surface area contributed by atoms with Crippen LogP contribution in [0.15, 0.2) is 12.7 Å². The van der Waals surface area contributed by atoms with Gasteiger partial charge in [0.25, 0.3) is 0 Å². The van der Waals surface area contributed by atoms with Gasteiger partial charge in [0.05, 0.1) is 0 Å². The Balaban J connectivity index is 5.05. The molecule has 0 heterocycles. The number of rotatable bonds is 15. The minimum Gasteiger partial charge on any atom is -0.455 e. The highest BCUT2D eigenvalue weighted by Gasteiger charge is 2.50. The number of carbonyl (C=O) groups excluding carboxylic acids is 1. The molecular weight excluding hydrogens is 312 g/mol. The van der Waals surface area contributed by atoms with Gasteiger partial charge in [0.15, 0.2) is 5.73 Å². The Morgan fingerprint density at radius 3 is 1.65 bits per heavy atom. The van der Waals surface area contributed by atoms with Crippen molar-refractivity contribution < 1.29 is 22.8 Å². The van der Waals surface area contributed by atoms with Crippen LogP contribution in [0.2, 0.25) is 0 Å². The second-order valence-electron chi connectivity index (χ2n) is 5.49. The Kier molecular flexibility index (Phi) is 13.3. The fourth-order valence-electron chi connectivity index (χ4n) is 1.85. The van der Waals surface area contributed by atoms with E-state index in [1.807, 2.05) is 0 Å². The van der Waals surface area contributed by atoms with Crippen molar-refractivity contribution in [1.82, 2.24) is 0 Å². The molecule has 1 unspecified atom stereocenters. The molecule has 0 saturated carbocycles. The van der Waals surface area contributed by atoms with Crippen molar-refractivity contribution in [1.29, 1.82) is 0 Å². The van der Waals surface area contributed by atoms with E-state index in [2.05, 4.69) is 27.4 Å². The van der Waals surface area contributed by atoms with E-state index in [0.29, 0.717) is 19.8 Å². The summed E-state index contributed by atoms with van der Waals surface area (Å²) in [6, 6.07) is 0. The molecule has 0 aliphatic carbocycles. The lowest BCUT2D eigenvalue weighted by Crippen LogP contribution is -2.57. The van der Waals surface area contributed by atoms with Gasteiger partial charge in [-0.1, -0.05) is 46.6 Å². The summed E-state index contributed by atoms with van der Waals surface area (Å²) in [6.07, 6.45) is 6.99. The minimum absolute atomic E-state index is 0.480. The molecule has 0 aromatic carbocycles. The van der Waals surface area contributed by atoms with Crippen LogP contribution in [0.5, 0.6) is 0 Å². The van der Waals surface area contributed by atoms with Crippen molar-refractivity contribution in [2.24, 2.45) is 0 Å². The maximum atomic E-state index is 11.6. The van der Waals surface area contributed by atoms with Crippen molar-refractivity contribution in [3.05, 3.63) is 12.7 Å². The molecule has 0 radical (unpaired) electrons. The van der Waals surface area contributed by atoms with Gasteiger partial charge in [-0.05, 0) is 26.2 Å². The quantitative estimate of drug-likeness (QED) is 0.194. The summed E-state index contributed by atoms with van der Waals surface area (Å²) < 4.78 is 23.5. The molecule has 0 N–H and O–H groups in total. The lowest BCUT2D eigenvalue weighted by atomic mass is 10.4. The predicted octanol–water partition coefficient (Wildman–Crippen LogP) is 4.03. The molecule has 23 heavy (non-hydrogen) atoms. The fourth-order valence-corrected chi connectivity index (χ4v) is 4.35. The monoisotopic (exact) mass is 346 g/mol. The van der Waals surface area contributed by atoms with E-state index in [1.165, 1.54) is 0 Å². The molecule has 0 amide bonds. The van der Waals surface area contributed by atoms with Gasteiger partial charge < -0.3 is 18.0 Å². The van der Waals surface area contributed by atoms with Crippen LogP contribution in [0.1, 0.15) is 66.2 Å². The van der Waals surface area contributed by atoms with E-state index < -0.39 is 20.5 Å². The third-order valence-electron chi connectivity index (χ3n) is 3.36. The lowest BCUT2D eigenvalue weighted by Gasteiger charge is -2.33. The molecule has 0 bridgehead atoms. The molecule has 0 spiro atoms. The molecule has 0 rings (SSSR count). The van der Waals surface area contributed by atoms with Crippen LogP contribution in [-0.4, -0.2) is 40.3 Å². The zero-order valence-corrected chi connectivity index (χ0v) is 16.3. The summed E-state index contributed by atoms with van der Waals surface area (Å²) in [7, 11) is -3.08. The summed E-state index contributed by atoms with van der Waals surface area (Å²) in [5.74, 6) is -0.480. The highest BCUT2D eigenvalue weighted by atomic mass is 28.4. The van der Waals surface area contributed by atoms with E-state index in [4.69, 9.17) is 18.0 Å². The van der Waals surface area contributed by atoms with Crippen LogP contribution < -0.4 is 0 Å². The maximum absolute atomic E-state index is 11.6. The Morgan fingerprint density at radius 1 is 0.957 bits per heavy atom. The van der Waals surface area contributed by atoms with E-state index in [0.717, 1.165) is 44.6 Å². The molecule has 0 fully saturated rings. The van der Waals surface area contributed by atoms with Gasteiger partial charge in [-0.15, -0.1) is 0 Å². The van der Waals surface area contributed by atoms with Gasteiger partial charge >= 0.3 is 14.8 Å². The number of hydrogen-bond donors (Lipinski definition) is 0. The van der Waals surface area contributed by atoms with Crippen molar-refractivity contribution >= 4 is 14.8 Å². The average molecular weight is 347 g/mol. The summed E-state index contributed by atoms with van der Waals surface area (Å²) in [5.41, 5.74) is -0.543. The second kappa shape index (κ2) is 13.7. The molecule has 6 heteroatoms. The zero-order valence-electron chi connectivity index (χ0n) is 15.3. The summed E-state index contributed by atoms with van der Waals surface area (Å²) in [6.45, 7) is 13.2. The summed E-state index contributed by atoms with van der Waals surface area (Å²) >= 11 is 0.